The predicted octanol–water partition coefficient (Wildman–Crippen LogP) is 3.23. The Morgan fingerprint density at radius 3 is 2.47 bits per heavy atom. The zero-order chi connectivity index (χ0) is 27.3. The number of halogens is 3. The first-order valence-electron chi connectivity index (χ1n) is 11.2. The van der Waals surface area contributed by atoms with Crippen molar-refractivity contribution in [1.29, 1.82) is 0 Å². The molecule has 0 saturated heterocycles. The van der Waals surface area contributed by atoms with Crippen LogP contribution in [0.15, 0.2) is 85.2 Å². The van der Waals surface area contributed by atoms with E-state index >= 15 is 0 Å². The molecule has 9 nitrogen and oxygen atoms in total. The molecule has 0 aliphatic rings. The molecule has 0 aliphatic heterocycles. The molecule has 194 valence electrons. The first-order valence-corrected chi connectivity index (χ1v) is 11.2. The summed E-state index contributed by atoms with van der Waals surface area (Å²) in [4.78, 5) is 41.4. The van der Waals surface area contributed by atoms with Gasteiger partial charge in [0.2, 0.25) is 5.78 Å². The van der Waals surface area contributed by atoms with Crippen molar-refractivity contribution in [2.75, 3.05) is 0 Å². The number of primary amides is 1. The van der Waals surface area contributed by atoms with Crippen LogP contribution in [-0.2, 0) is 16.0 Å². The van der Waals surface area contributed by atoms with Crippen LogP contribution < -0.4 is 15.8 Å². The van der Waals surface area contributed by atoms with E-state index in [1.54, 1.807) is 36.4 Å². The van der Waals surface area contributed by atoms with Crippen molar-refractivity contribution in [3.63, 3.8) is 0 Å². The number of nitrogens with zero attached hydrogens (tertiary/aromatic N) is 3. The van der Waals surface area contributed by atoms with Crippen molar-refractivity contribution in [3.8, 4) is 22.8 Å². The second-order valence-corrected chi connectivity index (χ2v) is 8.04. The van der Waals surface area contributed by atoms with Crippen LogP contribution in [-0.4, -0.2) is 44.8 Å². The van der Waals surface area contributed by atoms with Crippen molar-refractivity contribution in [2.45, 2.75) is 18.8 Å². The van der Waals surface area contributed by atoms with Crippen LogP contribution in [0.5, 0.6) is 5.75 Å². The number of alkyl halides is 3. The summed E-state index contributed by atoms with van der Waals surface area (Å²) >= 11 is 0. The van der Waals surface area contributed by atoms with Gasteiger partial charge in [0.15, 0.2) is 5.82 Å². The first-order chi connectivity index (χ1) is 18.1. The van der Waals surface area contributed by atoms with Crippen molar-refractivity contribution in [2.24, 2.45) is 5.73 Å². The summed E-state index contributed by atoms with van der Waals surface area (Å²) in [5, 5.41) is 6.89. The maximum absolute atomic E-state index is 13.2. The van der Waals surface area contributed by atoms with Gasteiger partial charge in [-0.15, -0.1) is 13.2 Å². The summed E-state index contributed by atoms with van der Waals surface area (Å²) in [6.07, 6.45) is -1.92. The minimum atomic E-state index is -4.84. The molecule has 2 heterocycles. The van der Waals surface area contributed by atoms with Gasteiger partial charge in [-0.25, -0.2) is 9.67 Å². The molecule has 0 aliphatic carbocycles. The highest BCUT2D eigenvalue weighted by Gasteiger charge is 2.31. The Labute approximate surface area is 214 Å². The largest absolute Gasteiger partial charge is 0.573 e. The Kier molecular flexibility index (Phi) is 7.51. The van der Waals surface area contributed by atoms with E-state index < -0.39 is 35.8 Å². The number of Topliss-reactive ketones (excluding diaryl/α,β-unsaturated/α-hetero) is 1. The Hall–Kier alpha value is -5.00. The van der Waals surface area contributed by atoms with Crippen molar-refractivity contribution < 1.29 is 32.3 Å². The number of pyridine rings is 1. The third kappa shape index (κ3) is 6.40. The molecule has 2 aromatic carbocycles. The fourth-order valence-corrected chi connectivity index (χ4v) is 3.67. The van der Waals surface area contributed by atoms with E-state index in [4.69, 9.17) is 5.73 Å². The van der Waals surface area contributed by atoms with Gasteiger partial charge in [-0.05, 0) is 35.9 Å². The fourth-order valence-electron chi connectivity index (χ4n) is 3.67. The molecular formula is C26H20F3N5O4. The molecule has 12 heteroatoms. The summed E-state index contributed by atoms with van der Waals surface area (Å²) < 4.78 is 43.0. The molecule has 4 rings (SSSR count). The van der Waals surface area contributed by atoms with Crippen molar-refractivity contribution in [3.05, 3.63) is 96.3 Å². The van der Waals surface area contributed by atoms with Crippen LogP contribution in [0.1, 0.15) is 15.9 Å². The minimum absolute atomic E-state index is 0.0339. The van der Waals surface area contributed by atoms with Crippen LogP contribution in [0.4, 0.5) is 13.2 Å². The Bertz CT molecular complexity index is 1470. The van der Waals surface area contributed by atoms with Gasteiger partial charge >= 0.3 is 6.36 Å². The molecule has 1 atom stereocenters. The number of carbonyl (C=O) groups is 3. The highest BCUT2D eigenvalue weighted by atomic mass is 19.4. The van der Waals surface area contributed by atoms with Crippen LogP contribution in [0, 0.1) is 0 Å². The number of aromatic nitrogens is 3. The van der Waals surface area contributed by atoms with Gasteiger partial charge in [0, 0.05) is 24.4 Å². The van der Waals surface area contributed by atoms with Gasteiger partial charge in [0.05, 0.1) is 11.3 Å². The van der Waals surface area contributed by atoms with Crippen molar-refractivity contribution >= 4 is 17.6 Å². The molecule has 0 bridgehead atoms. The molecule has 0 spiro atoms. The molecule has 4 aromatic rings. The first kappa shape index (κ1) is 26.1. The smallest absolute Gasteiger partial charge is 0.406 e. The number of hydrogen-bond donors (Lipinski definition) is 2. The van der Waals surface area contributed by atoms with E-state index in [1.165, 1.54) is 47.4 Å². The highest BCUT2D eigenvalue weighted by Crippen LogP contribution is 2.27. The Morgan fingerprint density at radius 1 is 1.00 bits per heavy atom. The van der Waals surface area contributed by atoms with Gasteiger partial charge < -0.3 is 15.8 Å². The van der Waals surface area contributed by atoms with E-state index in [9.17, 15) is 27.6 Å². The standard InChI is InChI=1S/C26H20F3N5O4/c27-26(28,29)38-18-9-4-8-17(15-18)20-11-13-34(33-20)24-19(10-5-12-31-24)25(37)32-21(22(35)23(30)36)14-16-6-2-1-3-7-16/h1-13,15,21H,14H2,(H2,30,36)(H,32,37). The monoisotopic (exact) mass is 523 g/mol. The number of amides is 2. The van der Waals surface area contributed by atoms with E-state index in [1.807, 2.05) is 0 Å². The lowest BCUT2D eigenvalue weighted by atomic mass is 10.0. The van der Waals surface area contributed by atoms with Gasteiger partial charge in [-0.3, -0.25) is 14.4 Å². The molecule has 0 radical (unpaired) electrons. The van der Waals surface area contributed by atoms with Crippen molar-refractivity contribution in [1.82, 2.24) is 20.1 Å². The molecule has 3 N–H and O–H groups in total. The second-order valence-electron chi connectivity index (χ2n) is 8.04. The third-order valence-electron chi connectivity index (χ3n) is 5.35. The SMILES string of the molecule is NC(=O)C(=O)C(Cc1ccccc1)NC(=O)c1cccnc1-n1ccc(-c2cccc(OC(F)(F)F)c2)n1. The highest BCUT2D eigenvalue weighted by molar-refractivity contribution is 6.38. The summed E-state index contributed by atoms with van der Waals surface area (Å²) in [6, 6.07) is 17.3. The summed E-state index contributed by atoms with van der Waals surface area (Å²) in [5.41, 5.74) is 6.55. The van der Waals surface area contributed by atoms with Crippen LogP contribution >= 0.6 is 0 Å². The zero-order valence-electron chi connectivity index (χ0n) is 19.6. The van der Waals surface area contributed by atoms with E-state index in [0.717, 1.165) is 6.07 Å². The zero-order valence-corrected chi connectivity index (χ0v) is 19.6. The molecule has 0 saturated carbocycles. The van der Waals surface area contributed by atoms with E-state index in [-0.39, 0.29) is 17.8 Å². The van der Waals surface area contributed by atoms with Crippen LogP contribution in [0.3, 0.4) is 0 Å². The molecule has 2 aromatic heterocycles. The second kappa shape index (κ2) is 10.9. The van der Waals surface area contributed by atoms with Gasteiger partial charge in [-0.1, -0.05) is 42.5 Å². The number of carbonyl (C=O) groups excluding carboxylic acids is 3. The predicted molar refractivity (Wildman–Crippen MR) is 129 cm³/mol. The third-order valence-corrected chi connectivity index (χ3v) is 5.35. The average Bonchev–Trinajstić information content (AvgIpc) is 3.38. The van der Waals surface area contributed by atoms with E-state index in [0.29, 0.717) is 16.8 Å². The number of hydrogen-bond acceptors (Lipinski definition) is 6. The fraction of sp³-hybridized carbons (Fsp3) is 0.115. The lowest BCUT2D eigenvalue weighted by Gasteiger charge is -2.17. The number of rotatable bonds is 9. The summed E-state index contributed by atoms with van der Waals surface area (Å²) in [5.74, 6) is -3.18. The lowest BCUT2D eigenvalue weighted by Crippen LogP contribution is -2.47. The molecule has 38 heavy (non-hydrogen) atoms. The molecule has 2 amide bonds. The minimum Gasteiger partial charge on any atom is -0.406 e. The van der Waals surface area contributed by atoms with E-state index in [2.05, 4.69) is 20.1 Å². The topological polar surface area (TPSA) is 129 Å². The van der Waals surface area contributed by atoms with Gasteiger partial charge in [0.1, 0.15) is 11.8 Å². The number of ketones is 1. The number of nitrogens with one attached hydrogen (secondary N) is 1. The van der Waals surface area contributed by atoms with Crippen LogP contribution in [0.2, 0.25) is 0 Å². The number of ether oxygens (including phenoxy) is 1. The van der Waals surface area contributed by atoms with Gasteiger partial charge in [-0.2, -0.15) is 5.10 Å². The lowest BCUT2D eigenvalue weighted by molar-refractivity contribution is -0.274. The Balaban J connectivity index is 1.60. The summed E-state index contributed by atoms with van der Waals surface area (Å²) in [6.45, 7) is 0. The maximum atomic E-state index is 13.2. The van der Waals surface area contributed by atoms with Crippen LogP contribution in [0.25, 0.3) is 17.1 Å². The number of benzene rings is 2. The molecule has 0 fully saturated rings. The summed E-state index contributed by atoms with van der Waals surface area (Å²) in [7, 11) is 0. The molecule has 1 unspecified atom stereocenters. The molecular weight excluding hydrogens is 503 g/mol. The number of nitrogens with two attached hydrogens (primary N) is 1. The maximum Gasteiger partial charge on any atom is 0.573 e. The quantitative estimate of drug-likeness (QED) is 0.324. The average molecular weight is 523 g/mol. The van der Waals surface area contributed by atoms with Gasteiger partial charge in [0.25, 0.3) is 11.8 Å². The normalized spacial score (nSPS) is 12.0. The Morgan fingerprint density at radius 2 is 1.76 bits per heavy atom.